The number of ketones is 2. The first kappa shape index (κ1) is 27.8. The van der Waals surface area contributed by atoms with Gasteiger partial charge in [0, 0.05) is 105 Å². The number of fused-ring (bicyclic) bond motifs is 14. The van der Waals surface area contributed by atoms with Crippen molar-refractivity contribution >= 4 is 82.5 Å². The highest BCUT2D eigenvalue weighted by atomic mass is 35.5. The van der Waals surface area contributed by atoms with E-state index in [1.165, 1.54) is 0 Å². The number of aliphatic imine (C=N–C) groups is 2. The van der Waals surface area contributed by atoms with Crippen molar-refractivity contribution in [2.75, 3.05) is 13.1 Å². The molecule has 228 valence electrons. The van der Waals surface area contributed by atoms with Crippen molar-refractivity contribution < 1.29 is 19.1 Å². The van der Waals surface area contributed by atoms with Crippen molar-refractivity contribution in [3.8, 4) is 0 Å². The predicted molar refractivity (Wildman–Crippen MR) is 177 cm³/mol. The zero-order chi connectivity index (χ0) is 30.1. The highest BCUT2D eigenvalue weighted by Crippen LogP contribution is 2.48. The fourth-order valence-electron chi connectivity index (χ4n) is 9.06. The molecule has 2 aromatic rings. The first-order chi connectivity index (χ1) is 22.0. The second-order valence-corrected chi connectivity index (χ2v) is 13.3. The molecule has 0 spiro atoms. The number of Topliss-reactive ketones (excluding diaryl/α,β-unsaturated/α-hetero) is 2. The monoisotopic (exact) mass is 631 g/mol. The normalized spacial score (nSPS) is 20.8. The van der Waals surface area contributed by atoms with Crippen molar-refractivity contribution in [2.45, 2.75) is 64.2 Å². The minimum absolute atomic E-state index is 0. The van der Waals surface area contributed by atoms with Crippen LogP contribution in [-0.2, 0) is 22.4 Å². The first-order valence-corrected chi connectivity index (χ1v) is 16.1. The molecular weight excluding hydrogens is 602 g/mol. The van der Waals surface area contributed by atoms with E-state index in [9.17, 15) is 19.4 Å². The number of hydrogen-bond acceptors (Lipinski definition) is 7. The van der Waals surface area contributed by atoms with Crippen LogP contribution in [0.15, 0.2) is 21.4 Å². The lowest BCUT2D eigenvalue weighted by Gasteiger charge is -2.09. The number of carbonyl (C=O) groups is 2. The van der Waals surface area contributed by atoms with Crippen LogP contribution in [-0.4, -0.2) is 46.6 Å². The van der Waals surface area contributed by atoms with Gasteiger partial charge >= 0.3 is 0 Å². The minimum Gasteiger partial charge on any atom is -0.305 e. The molecule has 0 fully saturated rings. The van der Waals surface area contributed by atoms with Crippen LogP contribution < -0.4 is 26.2 Å². The van der Waals surface area contributed by atoms with Crippen LogP contribution in [0.25, 0.3) is 34.7 Å². The van der Waals surface area contributed by atoms with Crippen LogP contribution in [0.1, 0.15) is 84.7 Å². The smallest absolute Gasteiger partial charge is 0.275 e. The molecule has 10 rings (SSSR count). The summed E-state index contributed by atoms with van der Waals surface area (Å²) >= 11 is 0. The first-order valence-electron chi connectivity index (χ1n) is 16.1. The fourth-order valence-corrected chi connectivity index (χ4v) is 9.06. The molecule has 10 heteroatoms. The number of halogens is 1. The SMILES string of the molecule is Cl.O=C1C=c2c(c3c(c4c2=C(CNCC2=c5c(c6c(c7c5=CC(=O)C7)[N+](=O)C5=C6CCCC5)C=N2)N=C4)C2=C(CCCC2)[N+]3=O)C1. The Balaban J connectivity index is 0.00000292. The van der Waals surface area contributed by atoms with E-state index in [1.54, 1.807) is 12.2 Å². The molecule has 0 saturated carbocycles. The van der Waals surface area contributed by atoms with E-state index in [0.717, 1.165) is 149 Å². The maximum absolute atomic E-state index is 13.5. The van der Waals surface area contributed by atoms with E-state index in [0.29, 0.717) is 24.5 Å². The Morgan fingerprint density at radius 1 is 0.652 bits per heavy atom. The molecule has 46 heavy (non-hydrogen) atoms. The number of nitrogens with zero attached hydrogens (tertiary/aromatic N) is 4. The summed E-state index contributed by atoms with van der Waals surface area (Å²) in [6.45, 7) is 0.912. The van der Waals surface area contributed by atoms with Crippen molar-refractivity contribution in [2.24, 2.45) is 9.98 Å². The standard InChI is InChI=1S/C36H29N5O4.ClH/c42-17-9-21-23(11-17)35-33(19-5-1-3-7-29(19)40(35)44)25-13-38-27(31(21)25)15-37-16-28-32-22-10-18(43)12-24(22)36-34(26(32)14-39-28)20-6-2-4-8-30(20)41(36)45;/h9-10,13-14,37H,1-8,11-12,15-16H2;1H/q+2;. The maximum Gasteiger partial charge on any atom is 0.275 e. The molecule has 4 aliphatic heterocycles. The van der Waals surface area contributed by atoms with Crippen molar-refractivity contribution in [1.29, 1.82) is 0 Å². The van der Waals surface area contributed by atoms with Gasteiger partial charge in [0.05, 0.1) is 32.0 Å². The molecule has 4 heterocycles. The zero-order valence-electron chi connectivity index (χ0n) is 25.1. The number of nitrogens with one attached hydrogen (secondary N) is 1. The number of nitroso groups, excluding NO2 is 2. The topological polar surface area (TPSA) is 111 Å². The lowest BCUT2D eigenvalue weighted by atomic mass is 9.88. The number of benzene rings is 2. The van der Waals surface area contributed by atoms with Gasteiger partial charge in [0.25, 0.3) is 11.4 Å². The van der Waals surface area contributed by atoms with Gasteiger partial charge in [0.1, 0.15) is 0 Å². The van der Waals surface area contributed by atoms with E-state index in [1.807, 2.05) is 12.4 Å². The Morgan fingerprint density at radius 2 is 1.09 bits per heavy atom. The van der Waals surface area contributed by atoms with E-state index >= 15 is 0 Å². The third kappa shape index (κ3) is 3.50. The number of rotatable bonds is 4. The molecule has 1 N–H and O–H groups in total. The van der Waals surface area contributed by atoms with E-state index in [-0.39, 0.29) is 36.8 Å². The molecule has 9 nitrogen and oxygen atoms in total. The molecule has 8 aliphatic rings. The van der Waals surface area contributed by atoms with Crippen molar-refractivity contribution in [3.63, 3.8) is 0 Å². The summed E-state index contributed by atoms with van der Waals surface area (Å²) in [5.74, 6) is 0.0382. The Labute approximate surface area is 269 Å². The van der Waals surface area contributed by atoms with E-state index < -0.39 is 0 Å². The highest BCUT2D eigenvalue weighted by molar-refractivity contribution is 6.13. The lowest BCUT2D eigenvalue weighted by molar-refractivity contribution is -0.406. The molecule has 4 aliphatic carbocycles. The van der Waals surface area contributed by atoms with Gasteiger partial charge in [-0.2, -0.15) is 0 Å². The molecule has 0 amide bonds. The van der Waals surface area contributed by atoms with Crippen LogP contribution in [0.3, 0.4) is 0 Å². The molecular formula is C36H30ClN5O4+2. The highest BCUT2D eigenvalue weighted by Gasteiger charge is 2.47. The molecule has 0 bridgehead atoms. The second kappa shape index (κ2) is 9.77. The van der Waals surface area contributed by atoms with Crippen LogP contribution in [0.5, 0.6) is 0 Å². The summed E-state index contributed by atoms with van der Waals surface area (Å²) in [5, 5.41) is 7.14. The second-order valence-electron chi connectivity index (χ2n) is 13.3. The Morgan fingerprint density at radius 3 is 1.54 bits per heavy atom. The van der Waals surface area contributed by atoms with E-state index in [4.69, 9.17) is 9.98 Å². The lowest BCUT2D eigenvalue weighted by Crippen LogP contribution is -2.36. The van der Waals surface area contributed by atoms with Gasteiger partial charge in [-0.1, -0.05) is 0 Å². The van der Waals surface area contributed by atoms with Crippen LogP contribution in [0, 0.1) is 9.81 Å². The van der Waals surface area contributed by atoms with Gasteiger partial charge in [-0.05, 0) is 61.1 Å². The van der Waals surface area contributed by atoms with E-state index in [2.05, 4.69) is 5.32 Å². The number of hydrogen-bond donors (Lipinski definition) is 1. The predicted octanol–water partition coefficient (Wildman–Crippen LogP) is 2.71. The molecule has 0 atom stereocenters. The quantitative estimate of drug-likeness (QED) is 0.522. The third-order valence-corrected chi connectivity index (χ3v) is 10.9. The van der Waals surface area contributed by atoms with Crippen molar-refractivity contribution in [3.05, 3.63) is 75.5 Å². The summed E-state index contributed by atoms with van der Waals surface area (Å²) in [7, 11) is 0. The van der Waals surface area contributed by atoms with Gasteiger partial charge in [0.15, 0.2) is 11.6 Å². The van der Waals surface area contributed by atoms with Gasteiger partial charge in [-0.15, -0.1) is 12.4 Å². The van der Waals surface area contributed by atoms with Gasteiger partial charge in [-0.25, -0.2) is 0 Å². The van der Waals surface area contributed by atoms with Gasteiger partial charge < -0.3 is 5.32 Å². The summed E-state index contributed by atoms with van der Waals surface area (Å²) < 4.78 is 2.20. The Hall–Kier alpha value is -4.47. The average Bonchev–Trinajstić information content (AvgIpc) is 3.88. The molecule has 0 unspecified atom stereocenters. The molecule has 0 saturated heterocycles. The van der Waals surface area contributed by atoms with Crippen LogP contribution in [0.4, 0.5) is 11.4 Å². The zero-order valence-corrected chi connectivity index (χ0v) is 25.9. The largest absolute Gasteiger partial charge is 0.305 e. The van der Waals surface area contributed by atoms with Gasteiger partial charge in [0.2, 0.25) is 11.4 Å². The van der Waals surface area contributed by atoms with Crippen molar-refractivity contribution in [1.82, 2.24) is 5.32 Å². The number of allylic oxidation sites excluding steroid dienone is 4. The average molecular weight is 632 g/mol. The fraction of sp³-hybridized carbons (Fsp3) is 0.333. The molecule has 2 aromatic carbocycles. The van der Waals surface area contributed by atoms with Crippen LogP contribution in [0.2, 0.25) is 0 Å². The Kier molecular flexibility index (Phi) is 5.90. The third-order valence-electron chi connectivity index (χ3n) is 10.9. The Bertz CT molecular complexity index is 2210. The molecule has 0 aromatic heterocycles. The summed E-state index contributed by atoms with van der Waals surface area (Å²) in [5.41, 5.74) is 12.5. The minimum atomic E-state index is 0. The maximum atomic E-state index is 13.5. The summed E-state index contributed by atoms with van der Waals surface area (Å²) in [4.78, 5) is 62.0. The van der Waals surface area contributed by atoms with Crippen LogP contribution >= 0.6 is 12.4 Å². The number of carbonyl (C=O) groups excluding carboxylic acids is 2. The molecule has 0 radical (unpaired) electrons. The van der Waals surface area contributed by atoms with Gasteiger partial charge in [-0.3, -0.25) is 19.6 Å². The summed E-state index contributed by atoms with van der Waals surface area (Å²) in [6, 6.07) is 0. The summed E-state index contributed by atoms with van der Waals surface area (Å²) in [6.07, 6.45) is 15.0.